The van der Waals surface area contributed by atoms with Crippen LogP contribution in [0.25, 0.3) is 6.08 Å². The molecule has 0 aliphatic heterocycles. The van der Waals surface area contributed by atoms with Crippen molar-refractivity contribution in [2.75, 3.05) is 5.73 Å². The van der Waals surface area contributed by atoms with Gasteiger partial charge in [-0.2, -0.15) is 0 Å². The van der Waals surface area contributed by atoms with Crippen molar-refractivity contribution in [2.45, 2.75) is 0 Å². The van der Waals surface area contributed by atoms with Gasteiger partial charge in [-0.3, -0.25) is 4.99 Å². The largest absolute Gasteiger partial charge is 0.380 e. The number of nitrogens with zero attached hydrogens (tertiary/aromatic N) is 2. The zero-order valence-electron chi connectivity index (χ0n) is 6.53. The van der Waals surface area contributed by atoms with Crippen molar-refractivity contribution in [3.05, 3.63) is 30.7 Å². The summed E-state index contributed by atoms with van der Waals surface area (Å²) in [5, 5.41) is 3.55. The van der Waals surface area contributed by atoms with Crippen molar-refractivity contribution in [3.8, 4) is 0 Å². The molecule has 0 aliphatic rings. The first-order valence-corrected chi connectivity index (χ1v) is 3.31. The van der Waals surface area contributed by atoms with Gasteiger partial charge in [0.1, 0.15) is 0 Å². The van der Waals surface area contributed by atoms with E-state index in [1.54, 1.807) is 6.08 Å². The highest BCUT2D eigenvalue weighted by molar-refractivity contribution is 5.84. The van der Waals surface area contributed by atoms with Crippen LogP contribution in [0.2, 0.25) is 0 Å². The van der Waals surface area contributed by atoms with Gasteiger partial charge in [0.05, 0.1) is 11.8 Å². The summed E-state index contributed by atoms with van der Waals surface area (Å²) in [5.41, 5.74) is 6.11. The van der Waals surface area contributed by atoms with Crippen molar-refractivity contribution in [2.24, 2.45) is 4.99 Å². The molecular weight excluding hydrogens is 154 g/mol. The number of aliphatic imine (C=N–C) groups is 1. The standard InChI is InChI=1S/C8H9N3O/c1-3-6-7(5-10-4-2)12-11-8(6)9/h3-5H,1-2H2,(H2,9,11)/b10-5-. The molecule has 62 valence electrons. The van der Waals surface area contributed by atoms with E-state index in [-0.39, 0.29) is 0 Å². The Morgan fingerprint density at radius 3 is 2.83 bits per heavy atom. The molecule has 1 aromatic rings. The molecular formula is C8H9N3O. The summed E-state index contributed by atoms with van der Waals surface area (Å²) < 4.78 is 4.85. The van der Waals surface area contributed by atoms with Gasteiger partial charge < -0.3 is 10.3 Å². The number of nitrogen functional groups attached to an aromatic ring is 1. The minimum Gasteiger partial charge on any atom is -0.380 e. The summed E-state index contributed by atoms with van der Waals surface area (Å²) in [6, 6.07) is 0. The van der Waals surface area contributed by atoms with Gasteiger partial charge in [-0.05, 0) is 0 Å². The topological polar surface area (TPSA) is 64.4 Å². The van der Waals surface area contributed by atoms with Gasteiger partial charge in [-0.25, -0.2) is 0 Å². The molecule has 1 rings (SSSR count). The Balaban J connectivity index is 3.06. The van der Waals surface area contributed by atoms with Crippen LogP contribution in [-0.2, 0) is 0 Å². The number of aromatic nitrogens is 1. The van der Waals surface area contributed by atoms with Crippen molar-refractivity contribution >= 4 is 18.1 Å². The fourth-order valence-electron chi connectivity index (χ4n) is 0.742. The smallest absolute Gasteiger partial charge is 0.187 e. The highest BCUT2D eigenvalue weighted by Crippen LogP contribution is 2.15. The number of hydrogen-bond donors (Lipinski definition) is 1. The van der Waals surface area contributed by atoms with E-state index in [0.29, 0.717) is 17.1 Å². The molecule has 0 fully saturated rings. The van der Waals surface area contributed by atoms with Gasteiger partial charge in [0, 0.05) is 6.20 Å². The van der Waals surface area contributed by atoms with Gasteiger partial charge in [-0.15, -0.1) is 0 Å². The first-order chi connectivity index (χ1) is 5.79. The molecule has 0 bridgehead atoms. The van der Waals surface area contributed by atoms with Crippen LogP contribution in [0.15, 0.2) is 28.9 Å². The Morgan fingerprint density at radius 2 is 2.25 bits per heavy atom. The second kappa shape index (κ2) is 3.52. The van der Waals surface area contributed by atoms with Crippen molar-refractivity contribution < 1.29 is 4.52 Å². The summed E-state index contributed by atoms with van der Waals surface area (Å²) >= 11 is 0. The van der Waals surface area contributed by atoms with Crippen LogP contribution in [0.1, 0.15) is 11.3 Å². The lowest BCUT2D eigenvalue weighted by Crippen LogP contribution is -1.87. The van der Waals surface area contributed by atoms with Crippen LogP contribution in [0.3, 0.4) is 0 Å². The molecule has 0 saturated carbocycles. The van der Waals surface area contributed by atoms with Crippen LogP contribution in [0, 0.1) is 0 Å². The van der Waals surface area contributed by atoms with Crippen LogP contribution in [-0.4, -0.2) is 11.4 Å². The molecule has 0 amide bonds. The molecule has 0 radical (unpaired) electrons. The van der Waals surface area contributed by atoms with E-state index in [4.69, 9.17) is 10.3 Å². The Kier molecular flexibility index (Phi) is 2.42. The van der Waals surface area contributed by atoms with Gasteiger partial charge in [0.2, 0.25) is 0 Å². The molecule has 2 N–H and O–H groups in total. The van der Waals surface area contributed by atoms with Crippen LogP contribution in [0.4, 0.5) is 5.82 Å². The first kappa shape index (κ1) is 8.26. The number of rotatable bonds is 3. The van der Waals surface area contributed by atoms with E-state index in [2.05, 4.69) is 23.3 Å². The molecule has 0 aromatic carbocycles. The Morgan fingerprint density at radius 1 is 1.50 bits per heavy atom. The molecule has 0 aliphatic carbocycles. The molecule has 1 aromatic heterocycles. The molecule has 4 heteroatoms. The fraction of sp³-hybridized carbons (Fsp3) is 0. The monoisotopic (exact) mass is 163 g/mol. The third kappa shape index (κ3) is 1.42. The third-order valence-corrected chi connectivity index (χ3v) is 1.29. The van der Waals surface area contributed by atoms with E-state index in [1.165, 1.54) is 12.4 Å². The lowest BCUT2D eigenvalue weighted by molar-refractivity contribution is 0.418. The van der Waals surface area contributed by atoms with E-state index in [0.717, 1.165) is 0 Å². The minimum atomic E-state index is 0.315. The number of nitrogens with two attached hydrogens (primary N) is 1. The average Bonchev–Trinajstić information content (AvgIpc) is 2.43. The minimum absolute atomic E-state index is 0.315. The van der Waals surface area contributed by atoms with E-state index in [1.807, 2.05) is 0 Å². The second-order valence-electron chi connectivity index (χ2n) is 2.01. The predicted octanol–water partition coefficient (Wildman–Crippen LogP) is 1.46. The Hall–Kier alpha value is -1.84. The summed E-state index contributed by atoms with van der Waals surface area (Å²) in [6.07, 6.45) is 4.44. The van der Waals surface area contributed by atoms with Crippen LogP contribution < -0.4 is 5.73 Å². The van der Waals surface area contributed by atoms with Crippen LogP contribution in [0.5, 0.6) is 0 Å². The number of anilines is 1. The van der Waals surface area contributed by atoms with Crippen LogP contribution >= 0.6 is 0 Å². The molecule has 0 saturated heterocycles. The summed E-state index contributed by atoms with van der Waals surface area (Å²) in [5.74, 6) is 0.804. The van der Waals surface area contributed by atoms with Gasteiger partial charge in [0.25, 0.3) is 0 Å². The second-order valence-corrected chi connectivity index (χ2v) is 2.01. The first-order valence-electron chi connectivity index (χ1n) is 3.31. The molecule has 0 atom stereocenters. The van der Waals surface area contributed by atoms with E-state index in [9.17, 15) is 0 Å². The SMILES string of the molecule is C=C/N=C\c1onc(N)c1C=C. The maximum Gasteiger partial charge on any atom is 0.187 e. The molecule has 0 unspecified atom stereocenters. The maximum atomic E-state index is 5.46. The van der Waals surface area contributed by atoms with E-state index < -0.39 is 0 Å². The quantitative estimate of drug-likeness (QED) is 0.686. The lowest BCUT2D eigenvalue weighted by Gasteiger charge is -1.85. The molecule has 1 heterocycles. The molecule has 4 nitrogen and oxygen atoms in total. The summed E-state index contributed by atoms with van der Waals surface area (Å²) in [7, 11) is 0. The maximum absolute atomic E-state index is 5.46. The highest BCUT2D eigenvalue weighted by Gasteiger charge is 2.06. The normalized spacial score (nSPS) is 10.3. The molecule has 0 spiro atoms. The lowest BCUT2D eigenvalue weighted by atomic mass is 10.2. The van der Waals surface area contributed by atoms with E-state index >= 15 is 0 Å². The van der Waals surface area contributed by atoms with Gasteiger partial charge in [-0.1, -0.05) is 24.4 Å². The zero-order chi connectivity index (χ0) is 8.97. The summed E-state index contributed by atoms with van der Waals surface area (Å²) in [6.45, 7) is 6.99. The zero-order valence-corrected chi connectivity index (χ0v) is 6.53. The number of hydrogen-bond acceptors (Lipinski definition) is 4. The van der Waals surface area contributed by atoms with Gasteiger partial charge in [0.15, 0.2) is 11.6 Å². The Bertz CT molecular complexity index is 325. The molecule has 12 heavy (non-hydrogen) atoms. The Labute approximate surface area is 70.1 Å². The van der Waals surface area contributed by atoms with Crippen molar-refractivity contribution in [1.82, 2.24) is 5.16 Å². The highest BCUT2D eigenvalue weighted by atomic mass is 16.5. The van der Waals surface area contributed by atoms with Crippen molar-refractivity contribution in [1.29, 1.82) is 0 Å². The fourth-order valence-corrected chi connectivity index (χ4v) is 0.742. The third-order valence-electron chi connectivity index (χ3n) is 1.29. The average molecular weight is 163 g/mol. The predicted molar refractivity (Wildman–Crippen MR) is 48.8 cm³/mol. The van der Waals surface area contributed by atoms with Crippen molar-refractivity contribution in [3.63, 3.8) is 0 Å². The summed E-state index contributed by atoms with van der Waals surface area (Å²) in [4.78, 5) is 3.77. The van der Waals surface area contributed by atoms with Gasteiger partial charge >= 0.3 is 0 Å².